The van der Waals surface area contributed by atoms with Gasteiger partial charge in [0.2, 0.25) is 5.78 Å². The molecule has 1 aliphatic rings. The molecule has 29 heavy (non-hydrogen) atoms. The number of piperidine rings is 1. The van der Waals surface area contributed by atoms with E-state index >= 15 is 0 Å². The van der Waals surface area contributed by atoms with Crippen molar-refractivity contribution in [3.8, 4) is 5.75 Å². The number of hydrogen-bond donors (Lipinski definition) is 0. The van der Waals surface area contributed by atoms with Crippen LogP contribution in [0.25, 0.3) is 10.9 Å². The van der Waals surface area contributed by atoms with Gasteiger partial charge in [0.05, 0.1) is 12.6 Å². The Hall–Kier alpha value is -2.92. The number of nitrogens with zero attached hydrogens (tertiary/aromatic N) is 3. The molecule has 1 aromatic heterocycles. The number of rotatable bonds is 6. The van der Waals surface area contributed by atoms with Crippen LogP contribution in [-0.2, 0) is 13.6 Å². The average molecular weight is 389 g/mol. The Bertz CT molecular complexity index is 1030. The zero-order valence-corrected chi connectivity index (χ0v) is 17.0. The summed E-state index contributed by atoms with van der Waals surface area (Å²) in [4.78, 5) is 15.2. The van der Waals surface area contributed by atoms with Gasteiger partial charge in [0, 0.05) is 19.0 Å². The molecule has 0 saturated carbocycles. The fourth-order valence-corrected chi connectivity index (χ4v) is 4.03. The Kier molecular flexibility index (Phi) is 5.76. The Morgan fingerprint density at radius 3 is 2.76 bits per heavy atom. The van der Waals surface area contributed by atoms with Crippen LogP contribution in [0, 0.1) is 5.92 Å². The lowest BCUT2D eigenvalue weighted by molar-refractivity contribution is 0.104. The van der Waals surface area contributed by atoms with Gasteiger partial charge in [-0.1, -0.05) is 36.4 Å². The first kappa shape index (κ1) is 19.4. The molecule has 0 aliphatic carbocycles. The van der Waals surface area contributed by atoms with Gasteiger partial charge in [0.15, 0.2) is 0 Å². The third-order valence-corrected chi connectivity index (χ3v) is 5.68. The number of para-hydroxylation sites is 1. The molecule has 1 aliphatic heterocycles. The monoisotopic (exact) mass is 389 g/mol. The van der Waals surface area contributed by atoms with Crippen LogP contribution in [0.2, 0.25) is 0 Å². The van der Waals surface area contributed by atoms with E-state index in [1.54, 1.807) is 17.9 Å². The van der Waals surface area contributed by atoms with Crippen molar-refractivity contribution in [3.05, 3.63) is 71.9 Å². The van der Waals surface area contributed by atoms with E-state index in [2.05, 4.69) is 28.2 Å². The maximum absolute atomic E-state index is 12.7. The third-order valence-electron chi connectivity index (χ3n) is 5.68. The molecule has 1 saturated heterocycles. The second-order valence-corrected chi connectivity index (χ2v) is 7.68. The van der Waals surface area contributed by atoms with Crippen LogP contribution < -0.4 is 4.74 Å². The standard InChI is InChI=1S/C24H27N3O2/c1-26-22-9-4-3-8-21(22)24(25-26)23(28)11-10-18-12-14-27(15-13-18)17-19-6-5-7-20(16-19)29-2/h3-11,16,18H,12-15,17H2,1-2H3. The molecule has 0 radical (unpaired) electrons. The van der Waals surface area contributed by atoms with Gasteiger partial charge in [-0.2, -0.15) is 5.10 Å². The zero-order valence-electron chi connectivity index (χ0n) is 17.0. The fourth-order valence-electron chi connectivity index (χ4n) is 4.03. The van der Waals surface area contributed by atoms with Gasteiger partial charge in [-0.05, 0) is 61.7 Å². The smallest absolute Gasteiger partial charge is 0.206 e. The number of methoxy groups -OCH3 is 1. The predicted octanol–water partition coefficient (Wildman–Crippen LogP) is 4.23. The summed E-state index contributed by atoms with van der Waals surface area (Å²) in [6, 6.07) is 16.1. The van der Waals surface area contributed by atoms with E-state index < -0.39 is 0 Å². The van der Waals surface area contributed by atoms with E-state index in [9.17, 15) is 4.79 Å². The maximum atomic E-state index is 12.7. The minimum Gasteiger partial charge on any atom is -0.497 e. The van der Waals surface area contributed by atoms with Crippen molar-refractivity contribution in [2.75, 3.05) is 20.2 Å². The van der Waals surface area contributed by atoms with Crippen molar-refractivity contribution in [1.29, 1.82) is 0 Å². The number of hydrogen-bond acceptors (Lipinski definition) is 4. The number of aryl methyl sites for hydroxylation is 1. The second-order valence-electron chi connectivity index (χ2n) is 7.68. The molecule has 2 aromatic carbocycles. The number of allylic oxidation sites excluding steroid dienone is 2. The molecule has 150 valence electrons. The van der Waals surface area contributed by atoms with Crippen LogP contribution in [0.1, 0.15) is 28.9 Å². The van der Waals surface area contributed by atoms with Crippen LogP contribution >= 0.6 is 0 Å². The molecule has 2 heterocycles. The topological polar surface area (TPSA) is 47.4 Å². The van der Waals surface area contributed by atoms with Crippen LogP contribution in [-0.4, -0.2) is 40.7 Å². The van der Waals surface area contributed by atoms with Crippen molar-refractivity contribution in [1.82, 2.24) is 14.7 Å². The summed E-state index contributed by atoms with van der Waals surface area (Å²) in [6.07, 6.45) is 5.93. The Labute approximate surface area is 171 Å². The molecule has 0 N–H and O–H groups in total. The molecule has 0 bridgehead atoms. The lowest BCUT2D eigenvalue weighted by Crippen LogP contribution is -2.32. The van der Waals surface area contributed by atoms with Crippen molar-refractivity contribution in [2.24, 2.45) is 13.0 Å². The number of benzene rings is 2. The van der Waals surface area contributed by atoms with Gasteiger partial charge in [0.1, 0.15) is 11.4 Å². The number of fused-ring (bicyclic) bond motifs is 1. The summed E-state index contributed by atoms with van der Waals surface area (Å²) in [5.74, 6) is 1.33. The van der Waals surface area contributed by atoms with E-state index in [1.165, 1.54) is 5.56 Å². The van der Waals surface area contributed by atoms with E-state index in [0.717, 1.165) is 49.1 Å². The van der Waals surface area contributed by atoms with Gasteiger partial charge in [-0.3, -0.25) is 14.4 Å². The van der Waals surface area contributed by atoms with E-state index in [-0.39, 0.29) is 5.78 Å². The Morgan fingerprint density at radius 2 is 1.97 bits per heavy atom. The van der Waals surface area contributed by atoms with E-state index in [4.69, 9.17) is 4.74 Å². The molecule has 0 unspecified atom stereocenters. The fraction of sp³-hybridized carbons (Fsp3) is 0.333. The number of carbonyl (C=O) groups is 1. The normalized spacial score (nSPS) is 15.9. The molecule has 3 aromatic rings. The van der Waals surface area contributed by atoms with Crippen molar-refractivity contribution in [3.63, 3.8) is 0 Å². The quantitative estimate of drug-likeness (QED) is 0.467. The van der Waals surface area contributed by atoms with Gasteiger partial charge < -0.3 is 4.74 Å². The highest BCUT2D eigenvalue weighted by Gasteiger charge is 2.19. The highest BCUT2D eigenvalue weighted by Crippen LogP contribution is 2.23. The number of ketones is 1. The summed E-state index contributed by atoms with van der Waals surface area (Å²) in [5.41, 5.74) is 2.79. The summed E-state index contributed by atoms with van der Waals surface area (Å²) in [6.45, 7) is 3.01. The number of ether oxygens (including phenoxy) is 1. The van der Waals surface area contributed by atoms with E-state index in [0.29, 0.717) is 11.6 Å². The first-order valence-corrected chi connectivity index (χ1v) is 10.1. The predicted molar refractivity (Wildman–Crippen MR) is 115 cm³/mol. The molecular formula is C24H27N3O2. The van der Waals surface area contributed by atoms with Gasteiger partial charge in [0.25, 0.3) is 0 Å². The summed E-state index contributed by atoms with van der Waals surface area (Å²) < 4.78 is 7.09. The first-order chi connectivity index (χ1) is 14.1. The minimum absolute atomic E-state index is 0.0133. The maximum Gasteiger partial charge on any atom is 0.206 e. The lowest BCUT2D eigenvalue weighted by Gasteiger charge is -2.30. The lowest BCUT2D eigenvalue weighted by atomic mass is 9.95. The Balaban J connectivity index is 1.34. The van der Waals surface area contributed by atoms with Crippen LogP contribution in [0.5, 0.6) is 5.75 Å². The number of carbonyl (C=O) groups excluding carboxylic acids is 1. The number of likely N-dealkylation sites (tertiary alicyclic amines) is 1. The van der Waals surface area contributed by atoms with Gasteiger partial charge >= 0.3 is 0 Å². The molecule has 5 heteroatoms. The largest absolute Gasteiger partial charge is 0.497 e. The zero-order chi connectivity index (χ0) is 20.2. The van der Waals surface area contributed by atoms with Gasteiger partial charge in [-0.15, -0.1) is 0 Å². The van der Waals surface area contributed by atoms with E-state index in [1.807, 2.05) is 43.4 Å². The summed E-state index contributed by atoms with van der Waals surface area (Å²) in [7, 11) is 3.58. The highest BCUT2D eigenvalue weighted by atomic mass is 16.5. The van der Waals surface area contributed by atoms with Crippen LogP contribution in [0.15, 0.2) is 60.7 Å². The van der Waals surface area contributed by atoms with Crippen molar-refractivity contribution < 1.29 is 9.53 Å². The van der Waals surface area contributed by atoms with Crippen LogP contribution in [0.4, 0.5) is 0 Å². The molecule has 0 spiro atoms. The average Bonchev–Trinajstić information content (AvgIpc) is 3.10. The summed E-state index contributed by atoms with van der Waals surface area (Å²) in [5, 5.41) is 5.34. The molecule has 1 fully saturated rings. The molecule has 4 rings (SSSR count). The SMILES string of the molecule is COc1cccc(CN2CCC(C=CC(=O)c3nn(C)c4ccccc34)CC2)c1. The third kappa shape index (κ3) is 4.40. The molecule has 0 amide bonds. The highest BCUT2D eigenvalue weighted by molar-refractivity contribution is 6.11. The van der Waals surface area contributed by atoms with Gasteiger partial charge in [-0.25, -0.2) is 0 Å². The molecule has 5 nitrogen and oxygen atoms in total. The van der Waals surface area contributed by atoms with Crippen molar-refractivity contribution in [2.45, 2.75) is 19.4 Å². The van der Waals surface area contributed by atoms with Crippen LogP contribution in [0.3, 0.4) is 0 Å². The molecule has 0 atom stereocenters. The first-order valence-electron chi connectivity index (χ1n) is 10.1. The number of aromatic nitrogens is 2. The summed E-state index contributed by atoms with van der Waals surface area (Å²) >= 11 is 0. The second kappa shape index (κ2) is 8.62. The van der Waals surface area contributed by atoms with Crippen molar-refractivity contribution >= 4 is 16.7 Å². The Morgan fingerprint density at radius 1 is 1.17 bits per heavy atom. The minimum atomic E-state index is -0.0133. The molecular weight excluding hydrogens is 362 g/mol.